The van der Waals surface area contributed by atoms with Crippen molar-refractivity contribution in [3.8, 4) is 0 Å². The fraction of sp³-hybridized carbons (Fsp3) is 0.0357. The van der Waals surface area contributed by atoms with Gasteiger partial charge in [0.25, 0.3) is 5.91 Å². The first-order valence-corrected chi connectivity index (χ1v) is 12.1. The van der Waals surface area contributed by atoms with Gasteiger partial charge in [0.1, 0.15) is 6.17 Å². The number of amides is 1. The number of hydrogen-bond donors (Lipinski definition) is 1. The number of carbonyl (C=O) groups excluding carboxylic acids is 1. The highest BCUT2D eigenvalue weighted by Gasteiger charge is 2.36. The van der Waals surface area contributed by atoms with Crippen molar-refractivity contribution in [3.05, 3.63) is 117 Å². The van der Waals surface area contributed by atoms with Crippen LogP contribution in [-0.4, -0.2) is 5.91 Å². The molecule has 33 heavy (non-hydrogen) atoms. The van der Waals surface area contributed by atoms with E-state index in [4.69, 9.17) is 11.6 Å². The molecule has 1 aliphatic heterocycles. The molecule has 5 aromatic rings. The van der Waals surface area contributed by atoms with Crippen LogP contribution in [0.3, 0.4) is 0 Å². The second-order valence-electron chi connectivity index (χ2n) is 8.12. The molecule has 5 aromatic carbocycles. The first kappa shape index (κ1) is 20.5. The molecule has 0 aromatic heterocycles. The van der Waals surface area contributed by atoms with Crippen LogP contribution in [-0.2, 0) is 0 Å². The minimum absolute atomic E-state index is 0.0356. The third kappa shape index (κ3) is 3.45. The summed E-state index contributed by atoms with van der Waals surface area (Å²) in [7, 11) is 0. The number of hydrogen-bond acceptors (Lipinski definition) is 2. The first-order chi connectivity index (χ1) is 16.1. The molecule has 1 heterocycles. The standard InChI is InChI=1S/C28H18ClIN2O/c29-19-9-12-21(13-10-19)32-27(31-25-14-11-20(30)16-24(25)28(32)33)26-22-7-3-1-5-17(22)15-18-6-2-4-8-23(18)26/h1-16,27,31H. The Balaban J connectivity index is 1.67. The van der Waals surface area contributed by atoms with Crippen LogP contribution >= 0.6 is 34.2 Å². The third-order valence-corrected chi connectivity index (χ3v) is 7.10. The van der Waals surface area contributed by atoms with Gasteiger partial charge in [-0.2, -0.15) is 0 Å². The van der Waals surface area contributed by atoms with Gasteiger partial charge in [0.2, 0.25) is 0 Å². The number of halogens is 2. The summed E-state index contributed by atoms with van der Waals surface area (Å²) >= 11 is 8.42. The van der Waals surface area contributed by atoms with Gasteiger partial charge in [0, 0.05) is 25.5 Å². The Morgan fingerprint density at radius 3 is 2.09 bits per heavy atom. The van der Waals surface area contributed by atoms with Gasteiger partial charge in [-0.05, 0) is 92.7 Å². The zero-order chi connectivity index (χ0) is 22.5. The van der Waals surface area contributed by atoms with Crippen LogP contribution < -0.4 is 10.2 Å². The fourth-order valence-electron chi connectivity index (χ4n) is 4.69. The van der Waals surface area contributed by atoms with E-state index in [0.29, 0.717) is 10.6 Å². The Bertz CT molecular complexity index is 1490. The Hall–Kier alpha value is -3.09. The molecule has 0 spiro atoms. The van der Waals surface area contributed by atoms with Crippen LogP contribution in [0.25, 0.3) is 21.5 Å². The van der Waals surface area contributed by atoms with Crippen LogP contribution in [0.15, 0.2) is 97.1 Å². The maximum atomic E-state index is 14.0. The molecule has 0 bridgehead atoms. The minimum Gasteiger partial charge on any atom is -0.360 e. The van der Waals surface area contributed by atoms with E-state index in [0.717, 1.165) is 42.1 Å². The summed E-state index contributed by atoms with van der Waals surface area (Å²) in [6.07, 6.45) is -0.387. The lowest BCUT2D eigenvalue weighted by molar-refractivity contribution is 0.0975. The van der Waals surface area contributed by atoms with Crippen molar-refractivity contribution in [1.29, 1.82) is 0 Å². The summed E-state index contributed by atoms with van der Waals surface area (Å²) in [5.41, 5.74) is 3.38. The van der Waals surface area contributed by atoms with Gasteiger partial charge in [-0.3, -0.25) is 9.69 Å². The zero-order valence-electron chi connectivity index (χ0n) is 17.4. The summed E-state index contributed by atoms with van der Waals surface area (Å²) in [6, 6.07) is 32.3. The van der Waals surface area contributed by atoms with E-state index in [1.165, 1.54) is 0 Å². The minimum atomic E-state index is -0.387. The van der Waals surface area contributed by atoms with Crippen LogP contribution in [0.2, 0.25) is 5.02 Å². The molecule has 0 fully saturated rings. The summed E-state index contributed by atoms with van der Waals surface area (Å²) in [5, 5.41) is 8.85. The lowest BCUT2D eigenvalue weighted by Gasteiger charge is -2.39. The smallest absolute Gasteiger partial charge is 0.262 e. The molecule has 0 saturated heterocycles. The van der Waals surface area contributed by atoms with Crippen molar-refractivity contribution in [2.75, 3.05) is 10.2 Å². The van der Waals surface area contributed by atoms with Crippen molar-refractivity contribution >= 4 is 73.0 Å². The molecule has 160 valence electrons. The van der Waals surface area contributed by atoms with Gasteiger partial charge < -0.3 is 5.32 Å². The van der Waals surface area contributed by atoms with Crippen molar-refractivity contribution in [2.24, 2.45) is 0 Å². The predicted molar refractivity (Wildman–Crippen MR) is 145 cm³/mol. The molecule has 0 saturated carbocycles. The van der Waals surface area contributed by atoms with E-state index in [1.54, 1.807) is 0 Å². The van der Waals surface area contributed by atoms with Crippen LogP contribution in [0.4, 0.5) is 11.4 Å². The topological polar surface area (TPSA) is 32.3 Å². The largest absolute Gasteiger partial charge is 0.360 e. The third-order valence-electron chi connectivity index (χ3n) is 6.17. The highest BCUT2D eigenvalue weighted by Crippen LogP contribution is 2.42. The summed E-state index contributed by atoms with van der Waals surface area (Å²) in [6.45, 7) is 0. The highest BCUT2D eigenvalue weighted by molar-refractivity contribution is 14.1. The number of anilines is 2. The van der Waals surface area contributed by atoms with Gasteiger partial charge in [-0.1, -0.05) is 60.1 Å². The van der Waals surface area contributed by atoms with E-state index in [2.05, 4.69) is 70.4 Å². The molecule has 1 atom stereocenters. The molecule has 1 N–H and O–H groups in total. The van der Waals surface area contributed by atoms with Crippen LogP contribution in [0.1, 0.15) is 22.1 Å². The Morgan fingerprint density at radius 2 is 1.42 bits per heavy atom. The predicted octanol–water partition coefficient (Wildman–Crippen LogP) is 8.02. The molecular formula is C28H18ClIN2O. The Morgan fingerprint density at radius 1 is 0.788 bits per heavy atom. The number of benzene rings is 5. The first-order valence-electron chi connectivity index (χ1n) is 10.7. The van der Waals surface area contributed by atoms with E-state index in [9.17, 15) is 4.79 Å². The van der Waals surface area contributed by atoms with Crippen LogP contribution in [0.5, 0.6) is 0 Å². The number of nitrogens with one attached hydrogen (secondary N) is 1. The molecule has 1 aliphatic rings. The lowest BCUT2D eigenvalue weighted by Crippen LogP contribution is -2.43. The van der Waals surface area contributed by atoms with E-state index >= 15 is 0 Å². The summed E-state index contributed by atoms with van der Waals surface area (Å²) in [4.78, 5) is 15.8. The monoisotopic (exact) mass is 560 g/mol. The number of fused-ring (bicyclic) bond motifs is 3. The van der Waals surface area contributed by atoms with Gasteiger partial charge >= 0.3 is 0 Å². The number of carbonyl (C=O) groups is 1. The number of rotatable bonds is 2. The lowest BCUT2D eigenvalue weighted by atomic mass is 9.92. The van der Waals surface area contributed by atoms with Crippen molar-refractivity contribution < 1.29 is 4.79 Å². The highest BCUT2D eigenvalue weighted by atomic mass is 127. The van der Waals surface area contributed by atoms with Gasteiger partial charge in [-0.25, -0.2) is 0 Å². The average Bonchev–Trinajstić information content (AvgIpc) is 2.84. The molecule has 5 heteroatoms. The molecule has 6 rings (SSSR count). The SMILES string of the molecule is O=C1c2cc(I)ccc2NC(c2c3ccccc3cc3ccccc23)N1c1ccc(Cl)cc1. The van der Waals surface area contributed by atoms with E-state index in [1.807, 2.05) is 59.5 Å². The second kappa shape index (κ2) is 8.04. The molecule has 1 amide bonds. The Labute approximate surface area is 210 Å². The average molecular weight is 561 g/mol. The molecule has 3 nitrogen and oxygen atoms in total. The second-order valence-corrected chi connectivity index (χ2v) is 9.80. The number of nitrogens with zero attached hydrogens (tertiary/aromatic N) is 1. The molecular weight excluding hydrogens is 543 g/mol. The molecule has 0 aliphatic carbocycles. The summed E-state index contributed by atoms with van der Waals surface area (Å²) in [5.74, 6) is -0.0356. The summed E-state index contributed by atoms with van der Waals surface area (Å²) < 4.78 is 1.02. The van der Waals surface area contributed by atoms with Crippen molar-refractivity contribution in [1.82, 2.24) is 0 Å². The molecule has 0 radical (unpaired) electrons. The normalized spacial score (nSPS) is 15.5. The van der Waals surface area contributed by atoms with E-state index < -0.39 is 0 Å². The zero-order valence-corrected chi connectivity index (χ0v) is 20.3. The van der Waals surface area contributed by atoms with E-state index in [-0.39, 0.29) is 12.1 Å². The van der Waals surface area contributed by atoms with Gasteiger partial charge in [-0.15, -0.1) is 0 Å². The Kier molecular flexibility index (Phi) is 5.00. The van der Waals surface area contributed by atoms with Crippen molar-refractivity contribution in [3.63, 3.8) is 0 Å². The maximum Gasteiger partial charge on any atom is 0.262 e. The van der Waals surface area contributed by atoms with Crippen molar-refractivity contribution in [2.45, 2.75) is 6.17 Å². The maximum absolute atomic E-state index is 14.0. The van der Waals surface area contributed by atoms with Crippen LogP contribution in [0, 0.1) is 3.57 Å². The van der Waals surface area contributed by atoms with Gasteiger partial charge in [0.15, 0.2) is 0 Å². The fourth-order valence-corrected chi connectivity index (χ4v) is 5.31. The van der Waals surface area contributed by atoms with Gasteiger partial charge in [0.05, 0.1) is 5.56 Å². The quantitative estimate of drug-likeness (QED) is 0.175. The molecule has 1 unspecified atom stereocenters.